The molecule has 186 valence electrons. The first-order valence-corrected chi connectivity index (χ1v) is 10.5. The van der Waals surface area contributed by atoms with Crippen molar-refractivity contribution in [2.24, 2.45) is 14.1 Å². The maximum atomic E-state index is 12.8. The van der Waals surface area contributed by atoms with Gasteiger partial charge in [0.2, 0.25) is 5.91 Å². The number of hydrogen-bond acceptors (Lipinski definition) is 5. The number of fused-ring (bicyclic) bond motifs is 1. The number of alkyl halides is 3. The maximum Gasteiger partial charge on any atom is 0.416 e. The minimum absolute atomic E-state index is 0.00419. The first-order valence-electron chi connectivity index (χ1n) is 10.5. The van der Waals surface area contributed by atoms with Gasteiger partial charge in [-0.1, -0.05) is 12.1 Å². The molecule has 0 spiro atoms. The minimum Gasteiger partial charge on any atom is -0.323 e. The third-order valence-electron chi connectivity index (χ3n) is 5.45. The van der Waals surface area contributed by atoms with Crippen molar-refractivity contribution in [3.8, 4) is 0 Å². The van der Waals surface area contributed by atoms with Crippen LogP contribution in [0.2, 0.25) is 0 Å². The van der Waals surface area contributed by atoms with Crippen LogP contribution in [0.3, 0.4) is 0 Å². The van der Waals surface area contributed by atoms with Crippen LogP contribution in [0.5, 0.6) is 0 Å². The van der Waals surface area contributed by atoms with Gasteiger partial charge in [0.1, 0.15) is 6.54 Å². The monoisotopic (exact) mass is 500 g/mol. The van der Waals surface area contributed by atoms with Crippen LogP contribution in [-0.2, 0) is 31.6 Å². The van der Waals surface area contributed by atoms with Crippen LogP contribution in [0.4, 0.5) is 24.5 Å². The summed E-state index contributed by atoms with van der Waals surface area (Å²) in [4.78, 5) is 54.0. The Kier molecular flexibility index (Phi) is 6.23. The molecular weight excluding hydrogens is 481 g/mol. The quantitative estimate of drug-likeness (QED) is 0.436. The zero-order valence-corrected chi connectivity index (χ0v) is 19.0. The predicted octanol–water partition coefficient (Wildman–Crippen LogP) is 2.34. The summed E-state index contributed by atoms with van der Waals surface area (Å²) in [5.41, 5.74) is -1.41. The Morgan fingerprint density at radius 2 is 1.53 bits per heavy atom. The number of imidazole rings is 1. The van der Waals surface area contributed by atoms with Crippen molar-refractivity contribution in [2.75, 3.05) is 10.6 Å². The number of hydrogen-bond donors (Lipinski definition) is 2. The molecule has 2 N–H and O–H groups in total. The summed E-state index contributed by atoms with van der Waals surface area (Å²) >= 11 is 0. The maximum absolute atomic E-state index is 12.8. The van der Waals surface area contributed by atoms with Gasteiger partial charge in [-0.25, -0.2) is 9.78 Å². The molecule has 0 saturated heterocycles. The number of nitrogens with one attached hydrogen (secondary N) is 2. The van der Waals surface area contributed by atoms with Gasteiger partial charge in [0, 0.05) is 19.7 Å². The number of rotatable bonds is 5. The van der Waals surface area contributed by atoms with E-state index in [2.05, 4.69) is 15.6 Å². The number of para-hydroxylation sites is 2. The lowest BCUT2D eigenvalue weighted by molar-refractivity contribution is -0.137. The molecule has 0 unspecified atom stereocenters. The van der Waals surface area contributed by atoms with Gasteiger partial charge in [-0.15, -0.1) is 0 Å². The summed E-state index contributed by atoms with van der Waals surface area (Å²) in [6.07, 6.45) is -3.26. The fraction of sp³-hybridized carbons (Fsp3) is 0.174. The summed E-state index contributed by atoms with van der Waals surface area (Å²) in [6, 6.07) is 9.96. The summed E-state index contributed by atoms with van der Waals surface area (Å²) in [6.45, 7) is -0.314. The molecule has 4 rings (SSSR count). The highest BCUT2D eigenvalue weighted by Gasteiger charge is 2.30. The van der Waals surface area contributed by atoms with E-state index in [4.69, 9.17) is 0 Å². The molecule has 0 aliphatic carbocycles. The standard InChI is InChI=1S/C23H19F3N6O4/c1-30-19-18(21(35)31(2)22(30)36)32(12-27-19)11-17(33)28-15-5-3-4-6-16(15)29-20(34)13-7-9-14(10-8-13)23(24,25)26/h3-10,12H,11H2,1-2H3,(H,28,33)(H,29,34). The van der Waals surface area contributed by atoms with E-state index in [9.17, 15) is 32.3 Å². The lowest BCUT2D eigenvalue weighted by Crippen LogP contribution is -2.37. The number of amides is 2. The second-order valence-corrected chi connectivity index (χ2v) is 7.87. The fourth-order valence-corrected chi connectivity index (χ4v) is 3.57. The van der Waals surface area contributed by atoms with E-state index in [0.717, 1.165) is 28.8 Å². The Bertz CT molecular complexity index is 1600. The van der Waals surface area contributed by atoms with Crippen LogP contribution in [0, 0.1) is 0 Å². The summed E-state index contributed by atoms with van der Waals surface area (Å²) < 4.78 is 41.7. The van der Waals surface area contributed by atoms with Gasteiger partial charge in [-0.3, -0.25) is 23.5 Å². The molecular formula is C23H19F3N6O4. The van der Waals surface area contributed by atoms with Crippen molar-refractivity contribution < 1.29 is 22.8 Å². The van der Waals surface area contributed by atoms with Gasteiger partial charge in [-0.2, -0.15) is 13.2 Å². The van der Waals surface area contributed by atoms with Crippen LogP contribution >= 0.6 is 0 Å². The van der Waals surface area contributed by atoms with E-state index < -0.39 is 34.8 Å². The Hall–Kier alpha value is -4.68. The molecule has 2 heterocycles. The van der Waals surface area contributed by atoms with Gasteiger partial charge in [-0.05, 0) is 36.4 Å². The second kappa shape index (κ2) is 9.17. The van der Waals surface area contributed by atoms with Crippen molar-refractivity contribution in [3.05, 3.63) is 86.8 Å². The third-order valence-corrected chi connectivity index (χ3v) is 5.45. The highest BCUT2D eigenvalue weighted by molar-refractivity contribution is 6.07. The Morgan fingerprint density at radius 3 is 2.14 bits per heavy atom. The van der Waals surface area contributed by atoms with Gasteiger partial charge in [0.25, 0.3) is 11.5 Å². The van der Waals surface area contributed by atoms with Crippen LogP contribution < -0.4 is 21.9 Å². The average Bonchev–Trinajstić information content (AvgIpc) is 3.25. The topological polar surface area (TPSA) is 120 Å². The second-order valence-electron chi connectivity index (χ2n) is 7.87. The van der Waals surface area contributed by atoms with Crippen molar-refractivity contribution in [1.29, 1.82) is 0 Å². The first-order chi connectivity index (χ1) is 17.0. The van der Waals surface area contributed by atoms with Crippen LogP contribution in [0.1, 0.15) is 15.9 Å². The molecule has 0 atom stereocenters. The number of aryl methyl sites for hydroxylation is 1. The Labute approximate surface area is 200 Å². The molecule has 0 aliphatic heterocycles. The molecule has 2 amide bonds. The number of nitrogens with zero attached hydrogens (tertiary/aromatic N) is 4. The predicted molar refractivity (Wildman–Crippen MR) is 125 cm³/mol. The van der Waals surface area contributed by atoms with E-state index in [1.165, 1.54) is 41.7 Å². The van der Waals surface area contributed by atoms with E-state index >= 15 is 0 Å². The highest BCUT2D eigenvalue weighted by atomic mass is 19.4. The van der Waals surface area contributed by atoms with Crippen LogP contribution in [-0.4, -0.2) is 30.5 Å². The molecule has 0 aliphatic rings. The van der Waals surface area contributed by atoms with Gasteiger partial charge in [0.05, 0.1) is 23.3 Å². The van der Waals surface area contributed by atoms with Gasteiger partial charge in [0.15, 0.2) is 11.2 Å². The van der Waals surface area contributed by atoms with Crippen LogP contribution in [0.15, 0.2) is 64.4 Å². The van der Waals surface area contributed by atoms with Crippen molar-refractivity contribution >= 4 is 34.4 Å². The molecule has 4 aromatic rings. The Balaban J connectivity index is 1.53. The molecule has 0 bridgehead atoms. The lowest BCUT2D eigenvalue weighted by Gasteiger charge is -2.13. The molecule has 0 fully saturated rings. The normalized spacial score (nSPS) is 11.5. The smallest absolute Gasteiger partial charge is 0.323 e. The van der Waals surface area contributed by atoms with Gasteiger partial charge >= 0.3 is 11.9 Å². The average molecular weight is 500 g/mol. The Morgan fingerprint density at radius 1 is 0.917 bits per heavy atom. The zero-order chi connectivity index (χ0) is 26.2. The number of aromatic nitrogens is 4. The SMILES string of the molecule is Cn1c(=O)c2c(ncn2CC(=O)Nc2ccccc2NC(=O)c2ccc(C(F)(F)F)cc2)n(C)c1=O. The fourth-order valence-electron chi connectivity index (χ4n) is 3.57. The molecule has 10 nitrogen and oxygen atoms in total. The first kappa shape index (κ1) is 24.4. The molecule has 2 aromatic heterocycles. The van der Waals surface area contributed by atoms with E-state index in [0.29, 0.717) is 0 Å². The van der Waals surface area contributed by atoms with E-state index in [-0.39, 0.29) is 34.6 Å². The molecule has 2 aromatic carbocycles. The van der Waals surface area contributed by atoms with Crippen LogP contribution in [0.25, 0.3) is 11.2 Å². The van der Waals surface area contributed by atoms with Crippen molar-refractivity contribution in [2.45, 2.75) is 12.7 Å². The minimum atomic E-state index is -4.52. The lowest BCUT2D eigenvalue weighted by atomic mass is 10.1. The molecule has 36 heavy (non-hydrogen) atoms. The number of anilines is 2. The molecule has 0 saturated carbocycles. The number of benzene rings is 2. The molecule has 0 radical (unpaired) electrons. The van der Waals surface area contributed by atoms with Crippen molar-refractivity contribution in [3.63, 3.8) is 0 Å². The number of carbonyl (C=O) groups is 2. The molecule has 13 heteroatoms. The summed E-state index contributed by atoms with van der Waals surface area (Å²) in [7, 11) is 2.77. The van der Waals surface area contributed by atoms with Crippen molar-refractivity contribution in [1.82, 2.24) is 18.7 Å². The highest BCUT2D eigenvalue weighted by Crippen LogP contribution is 2.29. The third kappa shape index (κ3) is 4.62. The summed E-state index contributed by atoms with van der Waals surface area (Å²) in [5.74, 6) is -1.23. The van der Waals surface area contributed by atoms with Gasteiger partial charge < -0.3 is 15.2 Å². The van der Waals surface area contributed by atoms with E-state index in [1.807, 2.05) is 0 Å². The summed E-state index contributed by atoms with van der Waals surface area (Å²) in [5, 5.41) is 5.19. The van der Waals surface area contributed by atoms with E-state index in [1.54, 1.807) is 12.1 Å². The largest absolute Gasteiger partial charge is 0.416 e. The number of halogens is 3. The number of carbonyl (C=O) groups excluding carboxylic acids is 2. The zero-order valence-electron chi connectivity index (χ0n) is 19.0.